The van der Waals surface area contributed by atoms with Crippen LogP contribution < -0.4 is 0 Å². The normalized spacial score (nSPS) is 13.3. The van der Waals surface area contributed by atoms with E-state index < -0.39 is 8.80 Å². The predicted molar refractivity (Wildman–Crippen MR) is 75.9 cm³/mol. The van der Waals surface area contributed by atoms with Crippen LogP contribution in [0.2, 0.25) is 6.55 Å². The van der Waals surface area contributed by atoms with Gasteiger partial charge >= 0.3 is 14.8 Å². The number of carbonyl (C=O) groups excluding carboxylic acids is 1. The highest BCUT2D eigenvalue weighted by Crippen LogP contribution is 2.15. The molecule has 0 rings (SSSR count). The molecule has 0 aliphatic rings. The van der Waals surface area contributed by atoms with Gasteiger partial charge in [0.25, 0.3) is 0 Å². The Hall–Kier alpha value is -0.433. The maximum atomic E-state index is 11.0. The quantitative estimate of drug-likeness (QED) is 0.333. The second kappa shape index (κ2) is 10.4. The van der Waals surface area contributed by atoms with Gasteiger partial charge in [0.2, 0.25) is 0 Å². The van der Waals surface area contributed by atoms with Crippen LogP contribution in [0.25, 0.3) is 0 Å². The third-order valence-corrected chi connectivity index (χ3v) is 4.99. The molecule has 19 heavy (non-hydrogen) atoms. The van der Waals surface area contributed by atoms with Gasteiger partial charge in [0, 0.05) is 32.3 Å². The molecule has 0 radical (unpaired) electrons. The third kappa shape index (κ3) is 9.15. The molecule has 0 spiro atoms. The smallest absolute Gasteiger partial charge is 0.466 e. The van der Waals surface area contributed by atoms with Crippen molar-refractivity contribution in [2.75, 3.05) is 19.8 Å². The van der Waals surface area contributed by atoms with Crippen LogP contribution in [-0.2, 0) is 22.8 Å². The van der Waals surface area contributed by atoms with Gasteiger partial charge < -0.3 is 18.0 Å². The van der Waals surface area contributed by atoms with Crippen molar-refractivity contribution in [1.29, 1.82) is 0 Å². The first-order valence-electron chi connectivity index (χ1n) is 7.08. The zero-order valence-electron chi connectivity index (χ0n) is 12.9. The van der Waals surface area contributed by atoms with Crippen molar-refractivity contribution in [2.45, 2.75) is 59.6 Å². The largest absolute Gasteiger partial charge is 0.497 e. The van der Waals surface area contributed by atoms with Crippen LogP contribution in [0.3, 0.4) is 0 Å². The molecule has 6 heteroatoms. The zero-order valence-corrected chi connectivity index (χ0v) is 13.9. The maximum Gasteiger partial charge on any atom is 0.497 e. The van der Waals surface area contributed by atoms with Crippen LogP contribution in [0.5, 0.6) is 0 Å². The summed E-state index contributed by atoms with van der Waals surface area (Å²) < 4.78 is 22.2. The molecule has 0 fully saturated rings. The average molecular weight is 292 g/mol. The predicted octanol–water partition coefficient (Wildman–Crippen LogP) is 2.77. The van der Waals surface area contributed by atoms with Crippen molar-refractivity contribution in [3.63, 3.8) is 0 Å². The van der Waals surface area contributed by atoms with Crippen LogP contribution in [0.15, 0.2) is 0 Å². The number of ether oxygens (including phenoxy) is 1. The molecule has 1 unspecified atom stereocenters. The Labute approximate surface area is 117 Å². The summed E-state index contributed by atoms with van der Waals surface area (Å²) in [6, 6.07) is 0. The molecule has 0 N–H and O–H groups in total. The SMILES string of the molecule is CCO[Si](C)(OCC)OC(C)CCCOC(=O)CC. The van der Waals surface area contributed by atoms with E-state index in [0.29, 0.717) is 26.2 Å². The van der Waals surface area contributed by atoms with E-state index in [0.717, 1.165) is 12.8 Å². The van der Waals surface area contributed by atoms with Gasteiger partial charge in [-0.1, -0.05) is 6.92 Å². The lowest BCUT2D eigenvalue weighted by atomic mass is 10.2. The number of esters is 1. The van der Waals surface area contributed by atoms with E-state index >= 15 is 0 Å². The first kappa shape index (κ1) is 18.6. The first-order chi connectivity index (χ1) is 8.97. The minimum Gasteiger partial charge on any atom is -0.466 e. The van der Waals surface area contributed by atoms with Gasteiger partial charge in [0.1, 0.15) is 0 Å². The number of rotatable bonds is 11. The summed E-state index contributed by atoms with van der Waals surface area (Å²) >= 11 is 0. The molecule has 0 saturated heterocycles. The molecular weight excluding hydrogens is 264 g/mol. The highest BCUT2D eigenvalue weighted by Gasteiger charge is 2.35. The first-order valence-corrected chi connectivity index (χ1v) is 9.31. The lowest BCUT2D eigenvalue weighted by molar-refractivity contribution is -0.143. The molecule has 1 atom stereocenters. The number of carbonyl (C=O) groups is 1. The Morgan fingerprint density at radius 2 is 1.74 bits per heavy atom. The van der Waals surface area contributed by atoms with Gasteiger partial charge in [-0.3, -0.25) is 4.79 Å². The Bertz CT molecular complexity index is 241. The van der Waals surface area contributed by atoms with E-state index in [4.69, 9.17) is 18.0 Å². The summed E-state index contributed by atoms with van der Waals surface area (Å²) in [5.74, 6) is -0.156. The molecule has 0 aromatic heterocycles. The zero-order chi connectivity index (χ0) is 14.7. The number of hydrogen-bond donors (Lipinski definition) is 0. The second-order valence-corrected chi connectivity index (χ2v) is 6.91. The van der Waals surface area contributed by atoms with E-state index in [9.17, 15) is 4.79 Å². The van der Waals surface area contributed by atoms with E-state index in [1.54, 1.807) is 6.92 Å². The van der Waals surface area contributed by atoms with Gasteiger partial charge in [0.05, 0.1) is 6.61 Å². The minimum absolute atomic E-state index is 0.0371. The molecule has 0 bridgehead atoms. The molecular formula is C13H28O5Si. The van der Waals surface area contributed by atoms with Crippen LogP contribution >= 0.6 is 0 Å². The van der Waals surface area contributed by atoms with Crippen molar-refractivity contribution in [3.8, 4) is 0 Å². The van der Waals surface area contributed by atoms with Crippen LogP contribution in [0, 0.1) is 0 Å². The van der Waals surface area contributed by atoms with Crippen LogP contribution in [0.1, 0.15) is 47.0 Å². The molecule has 5 nitrogen and oxygen atoms in total. The summed E-state index contributed by atoms with van der Waals surface area (Å²) in [6.07, 6.45) is 2.07. The van der Waals surface area contributed by atoms with E-state index in [1.807, 2.05) is 27.3 Å². The minimum atomic E-state index is -2.51. The van der Waals surface area contributed by atoms with Gasteiger partial charge in [-0.15, -0.1) is 0 Å². The summed E-state index contributed by atoms with van der Waals surface area (Å²) in [4.78, 5) is 11.0. The maximum absolute atomic E-state index is 11.0. The lowest BCUT2D eigenvalue weighted by Gasteiger charge is -2.28. The molecule has 0 aliphatic heterocycles. The van der Waals surface area contributed by atoms with Crippen LogP contribution in [0.4, 0.5) is 0 Å². The standard InChI is InChI=1S/C13H28O5Si/c1-6-13(14)15-11-9-10-12(4)18-19(5,16-7-2)17-8-3/h12H,6-11H2,1-5H3. The van der Waals surface area contributed by atoms with E-state index in [1.165, 1.54) is 0 Å². The van der Waals surface area contributed by atoms with Crippen molar-refractivity contribution in [2.24, 2.45) is 0 Å². The molecule has 0 heterocycles. The summed E-state index contributed by atoms with van der Waals surface area (Å²) in [5.41, 5.74) is 0. The van der Waals surface area contributed by atoms with Crippen molar-refractivity contribution in [1.82, 2.24) is 0 Å². The molecule has 0 aliphatic carbocycles. The second-order valence-electron chi connectivity index (χ2n) is 4.37. The van der Waals surface area contributed by atoms with Crippen molar-refractivity contribution >= 4 is 14.8 Å². The highest BCUT2D eigenvalue weighted by molar-refractivity contribution is 6.59. The van der Waals surface area contributed by atoms with Crippen molar-refractivity contribution < 1.29 is 22.8 Å². The highest BCUT2D eigenvalue weighted by atomic mass is 28.4. The van der Waals surface area contributed by atoms with E-state index in [2.05, 4.69) is 0 Å². The summed E-state index contributed by atoms with van der Waals surface area (Å²) in [7, 11) is -2.51. The molecule has 0 amide bonds. The monoisotopic (exact) mass is 292 g/mol. The summed E-state index contributed by atoms with van der Waals surface area (Å²) in [6.45, 7) is 11.2. The topological polar surface area (TPSA) is 54.0 Å². The molecule has 0 aromatic carbocycles. The van der Waals surface area contributed by atoms with Gasteiger partial charge in [-0.25, -0.2) is 0 Å². The molecule has 0 saturated carbocycles. The van der Waals surface area contributed by atoms with Gasteiger partial charge in [-0.05, 0) is 33.6 Å². The van der Waals surface area contributed by atoms with Crippen LogP contribution in [-0.4, -0.2) is 40.7 Å². The summed E-state index contributed by atoms with van der Waals surface area (Å²) in [5, 5.41) is 0. The number of hydrogen-bond acceptors (Lipinski definition) is 5. The lowest BCUT2D eigenvalue weighted by Crippen LogP contribution is -2.45. The third-order valence-electron chi connectivity index (χ3n) is 2.54. The Morgan fingerprint density at radius 3 is 2.21 bits per heavy atom. The van der Waals surface area contributed by atoms with Gasteiger partial charge in [0.15, 0.2) is 0 Å². The Kier molecular flexibility index (Phi) is 10.1. The Morgan fingerprint density at radius 1 is 1.16 bits per heavy atom. The average Bonchev–Trinajstić information content (AvgIpc) is 2.34. The Balaban J connectivity index is 3.92. The fourth-order valence-electron chi connectivity index (χ4n) is 1.72. The van der Waals surface area contributed by atoms with Crippen molar-refractivity contribution in [3.05, 3.63) is 0 Å². The molecule has 0 aromatic rings. The van der Waals surface area contributed by atoms with Gasteiger partial charge in [-0.2, -0.15) is 0 Å². The fraction of sp³-hybridized carbons (Fsp3) is 0.923. The molecule has 114 valence electrons. The fourth-order valence-corrected chi connectivity index (χ4v) is 3.83. The van der Waals surface area contributed by atoms with E-state index in [-0.39, 0.29) is 12.1 Å².